The van der Waals surface area contributed by atoms with Crippen molar-refractivity contribution in [3.63, 3.8) is 0 Å². The van der Waals surface area contributed by atoms with Crippen molar-refractivity contribution in [2.24, 2.45) is 0 Å². The van der Waals surface area contributed by atoms with E-state index in [0.717, 1.165) is 28.4 Å². The van der Waals surface area contributed by atoms with Crippen LogP contribution in [0.15, 0.2) is 243 Å². The Labute approximate surface area is 382 Å². The van der Waals surface area contributed by atoms with E-state index in [1.165, 1.54) is 81.5 Å². The van der Waals surface area contributed by atoms with Gasteiger partial charge in [0.25, 0.3) is 0 Å². The summed E-state index contributed by atoms with van der Waals surface area (Å²) in [5.41, 5.74) is 18.7. The van der Waals surface area contributed by atoms with Gasteiger partial charge in [0.05, 0.1) is 22.2 Å². The van der Waals surface area contributed by atoms with Gasteiger partial charge in [-0.25, -0.2) is 0 Å². The minimum absolute atomic E-state index is 0.508. The lowest BCUT2D eigenvalue weighted by Gasteiger charge is -2.53. The maximum absolute atomic E-state index is 2.51. The van der Waals surface area contributed by atoms with Crippen molar-refractivity contribution >= 4 is 65.6 Å². The second kappa shape index (κ2) is 13.8. The van der Waals surface area contributed by atoms with Crippen LogP contribution < -0.4 is 9.80 Å². The summed E-state index contributed by atoms with van der Waals surface area (Å²) in [6.07, 6.45) is 0. The summed E-state index contributed by atoms with van der Waals surface area (Å²) >= 11 is 1.86. The standard InChI is InChI=1S/C62H40N2S/c1-3-19-41(20-4-1)63(43-36-38-60-48(39-43)47-25-9-18-34-59(47)65-60)44-35-37-56-58(40-44)64(42-21-5-2-6-22-42)57-33-17-16-32-55(57)62(56)53-30-14-12-28-51(53)61(52-29-13-15-31-54(52)62)49-26-10-7-23-45(49)46-24-8-11-27-50(46)61/h1-40H. The molecule has 65 heavy (non-hydrogen) atoms. The van der Waals surface area contributed by atoms with Crippen LogP contribution in [0.4, 0.5) is 34.1 Å². The van der Waals surface area contributed by atoms with Gasteiger partial charge in [-0.1, -0.05) is 176 Å². The van der Waals surface area contributed by atoms with Gasteiger partial charge >= 0.3 is 0 Å². The van der Waals surface area contributed by atoms with E-state index in [-0.39, 0.29) is 0 Å². The number of thiophene rings is 1. The molecule has 1 aliphatic heterocycles. The highest BCUT2D eigenvalue weighted by Crippen LogP contribution is 2.68. The SMILES string of the molecule is c1ccc(N(c2ccc3c(c2)N(c2ccccc2)c2ccccc2C32c3ccccc3C3(c4ccccc4-c4ccccc43)c3ccccc32)c2ccc3sc4ccccc4c3c2)cc1. The molecule has 0 saturated heterocycles. The summed E-state index contributed by atoms with van der Waals surface area (Å²) in [6, 6.07) is 91.0. The fourth-order valence-electron chi connectivity index (χ4n) is 12.1. The van der Waals surface area contributed by atoms with E-state index >= 15 is 0 Å². The normalized spacial score (nSPS) is 14.4. The molecule has 3 aliphatic rings. The van der Waals surface area contributed by atoms with Crippen LogP contribution in [-0.4, -0.2) is 0 Å². The van der Waals surface area contributed by atoms with Crippen LogP contribution in [-0.2, 0) is 10.8 Å². The van der Waals surface area contributed by atoms with Gasteiger partial charge in [0, 0.05) is 42.9 Å². The maximum atomic E-state index is 2.51. The van der Waals surface area contributed by atoms with E-state index in [2.05, 4.69) is 252 Å². The van der Waals surface area contributed by atoms with Crippen LogP contribution in [0.25, 0.3) is 31.3 Å². The first kappa shape index (κ1) is 36.5. The van der Waals surface area contributed by atoms with Crippen LogP contribution in [0, 0.1) is 0 Å². The van der Waals surface area contributed by atoms with E-state index in [9.17, 15) is 0 Å². The molecule has 304 valence electrons. The molecule has 0 fully saturated rings. The Bertz CT molecular complexity index is 3600. The number of fused-ring (bicyclic) bond motifs is 18. The average molecular weight is 845 g/mol. The topological polar surface area (TPSA) is 6.48 Å². The highest BCUT2D eigenvalue weighted by Gasteiger charge is 2.58. The molecule has 0 atom stereocenters. The van der Waals surface area contributed by atoms with Crippen molar-refractivity contribution in [1.29, 1.82) is 0 Å². The zero-order valence-electron chi connectivity index (χ0n) is 35.4. The molecule has 0 unspecified atom stereocenters. The van der Waals surface area contributed by atoms with Crippen LogP contribution >= 0.6 is 11.3 Å². The summed E-state index contributed by atoms with van der Waals surface area (Å²) in [7, 11) is 0. The van der Waals surface area contributed by atoms with E-state index in [0.29, 0.717) is 0 Å². The van der Waals surface area contributed by atoms with Crippen molar-refractivity contribution in [1.82, 2.24) is 0 Å². The largest absolute Gasteiger partial charge is 0.310 e. The highest BCUT2D eigenvalue weighted by atomic mass is 32.1. The maximum Gasteiger partial charge on any atom is 0.0748 e. The molecule has 2 heterocycles. The van der Waals surface area contributed by atoms with Crippen molar-refractivity contribution < 1.29 is 0 Å². The Balaban J connectivity index is 1.09. The van der Waals surface area contributed by atoms with Gasteiger partial charge in [-0.2, -0.15) is 0 Å². The van der Waals surface area contributed by atoms with E-state index in [1.54, 1.807) is 0 Å². The zero-order valence-corrected chi connectivity index (χ0v) is 36.2. The lowest BCUT2D eigenvalue weighted by atomic mass is 9.50. The minimum Gasteiger partial charge on any atom is -0.310 e. The number of anilines is 6. The summed E-state index contributed by atoms with van der Waals surface area (Å²) in [5.74, 6) is 0. The fourth-order valence-corrected chi connectivity index (χ4v) is 13.2. The Hall–Kier alpha value is -7.98. The Morgan fingerprint density at radius 2 is 0.769 bits per heavy atom. The molecular formula is C62H40N2S. The molecule has 0 N–H and O–H groups in total. The molecule has 0 saturated carbocycles. The van der Waals surface area contributed by atoms with Gasteiger partial charge < -0.3 is 9.80 Å². The van der Waals surface area contributed by atoms with Crippen LogP contribution in [0.2, 0.25) is 0 Å². The van der Waals surface area contributed by atoms with Crippen molar-refractivity contribution in [3.05, 3.63) is 287 Å². The third-order valence-electron chi connectivity index (χ3n) is 14.5. The summed E-state index contributed by atoms with van der Waals surface area (Å²) in [6.45, 7) is 0. The molecule has 14 rings (SSSR count). The lowest BCUT2D eigenvalue weighted by Crippen LogP contribution is -2.47. The molecule has 10 aromatic carbocycles. The average Bonchev–Trinajstić information content (AvgIpc) is 3.90. The molecule has 1 aromatic heterocycles. The zero-order chi connectivity index (χ0) is 42.7. The molecule has 0 bridgehead atoms. The van der Waals surface area contributed by atoms with Gasteiger partial charge in [-0.3, -0.25) is 0 Å². The third kappa shape index (κ3) is 4.83. The van der Waals surface area contributed by atoms with Crippen molar-refractivity contribution in [2.75, 3.05) is 9.80 Å². The summed E-state index contributed by atoms with van der Waals surface area (Å²) in [4.78, 5) is 4.95. The minimum atomic E-state index is -0.660. The predicted molar refractivity (Wildman–Crippen MR) is 271 cm³/mol. The van der Waals surface area contributed by atoms with Crippen LogP contribution in [0.3, 0.4) is 0 Å². The van der Waals surface area contributed by atoms with Gasteiger partial charge in [0.1, 0.15) is 0 Å². The highest BCUT2D eigenvalue weighted by molar-refractivity contribution is 7.25. The van der Waals surface area contributed by atoms with Crippen molar-refractivity contribution in [3.8, 4) is 11.1 Å². The van der Waals surface area contributed by atoms with Crippen molar-refractivity contribution in [2.45, 2.75) is 10.8 Å². The lowest BCUT2D eigenvalue weighted by molar-refractivity contribution is 0.619. The number of nitrogens with zero attached hydrogens (tertiary/aromatic N) is 2. The van der Waals surface area contributed by atoms with Gasteiger partial charge in [0.2, 0.25) is 0 Å². The predicted octanol–water partition coefficient (Wildman–Crippen LogP) is 16.4. The smallest absolute Gasteiger partial charge is 0.0748 e. The number of hydrogen-bond donors (Lipinski definition) is 0. The second-order valence-corrected chi connectivity index (χ2v) is 18.6. The van der Waals surface area contributed by atoms with Crippen LogP contribution in [0.5, 0.6) is 0 Å². The van der Waals surface area contributed by atoms with Gasteiger partial charge in [0.15, 0.2) is 0 Å². The van der Waals surface area contributed by atoms with Gasteiger partial charge in [-0.15, -0.1) is 11.3 Å². The number of rotatable bonds is 4. The Kier molecular flexibility index (Phi) is 7.73. The summed E-state index contributed by atoms with van der Waals surface area (Å²) < 4.78 is 2.60. The third-order valence-corrected chi connectivity index (χ3v) is 15.7. The monoisotopic (exact) mass is 844 g/mol. The van der Waals surface area contributed by atoms with Gasteiger partial charge in [-0.05, 0) is 122 Å². The first-order valence-corrected chi connectivity index (χ1v) is 23.3. The van der Waals surface area contributed by atoms with Crippen LogP contribution in [0.1, 0.15) is 44.5 Å². The molecular weight excluding hydrogens is 805 g/mol. The van der Waals surface area contributed by atoms with E-state index in [4.69, 9.17) is 0 Å². The van der Waals surface area contributed by atoms with E-state index < -0.39 is 10.8 Å². The Morgan fingerprint density at radius 1 is 0.308 bits per heavy atom. The van der Waals surface area contributed by atoms with E-state index in [1.807, 2.05) is 11.3 Å². The number of para-hydroxylation sites is 3. The number of benzene rings is 10. The number of hydrogen-bond acceptors (Lipinski definition) is 3. The first-order valence-electron chi connectivity index (χ1n) is 22.5. The molecule has 0 radical (unpaired) electrons. The molecule has 2 spiro atoms. The molecule has 2 aliphatic carbocycles. The molecule has 3 heteroatoms. The Morgan fingerprint density at radius 3 is 1.43 bits per heavy atom. The fraction of sp³-hybridized carbons (Fsp3) is 0.0323. The molecule has 2 nitrogen and oxygen atoms in total. The summed E-state index contributed by atoms with van der Waals surface area (Å²) in [5, 5.41) is 2.57. The quantitative estimate of drug-likeness (QED) is 0.174. The molecule has 0 amide bonds. The second-order valence-electron chi connectivity index (χ2n) is 17.5. The first-order chi connectivity index (χ1) is 32.3. The molecule has 11 aromatic rings.